The third-order valence-electron chi connectivity index (χ3n) is 10.5. The number of hydrogen-bond acceptors (Lipinski definition) is 6. The molecule has 0 radical (unpaired) electrons. The van der Waals surface area contributed by atoms with Gasteiger partial charge in [-0.15, -0.1) is 0 Å². The summed E-state index contributed by atoms with van der Waals surface area (Å²) < 4.78 is 18.0. The van der Waals surface area contributed by atoms with E-state index in [2.05, 4.69) is 13.8 Å². The van der Waals surface area contributed by atoms with Gasteiger partial charge < -0.3 is 19.3 Å². The smallest absolute Gasteiger partial charge is 0.303 e. The molecule has 1 aliphatic heterocycles. The first-order chi connectivity index (χ1) is 16.6. The lowest BCUT2D eigenvalue weighted by molar-refractivity contribution is -0.209. The van der Waals surface area contributed by atoms with Crippen LogP contribution in [0.25, 0.3) is 0 Å². The predicted octanol–water partition coefficient (Wildman–Crippen LogP) is 5.26. The number of ketones is 1. The van der Waals surface area contributed by atoms with Crippen molar-refractivity contribution in [2.45, 2.75) is 122 Å². The summed E-state index contributed by atoms with van der Waals surface area (Å²) >= 11 is 0. The number of fused-ring (bicyclic) bond motifs is 4. The summed E-state index contributed by atoms with van der Waals surface area (Å²) in [7, 11) is 0. The van der Waals surface area contributed by atoms with Crippen molar-refractivity contribution < 1.29 is 28.9 Å². The molecular formula is C29H44O6. The molecule has 6 heteroatoms. The Morgan fingerprint density at radius 2 is 1.83 bits per heavy atom. The molecule has 6 atom stereocenters. The van der Waals surface area contributed by atoms with Gasteiger partial charge in [-0.2, -0.15) is 0 Å². The Balaban J connectivity index is 1.56. The molecule has 4 aliphatic carbocycles. The van der Waals surface area contributed by atoms with Gasteiger partial charge in [0.25, 0.3) is 0 Å². The molecule has 6 nitrogen and oxygen atoms in total. The molecule has 3 saturated carbocycles. The third kappa shape index (κ3) is 3.85. The van der Waals surface area contributed by atoms with Crippen LogP contribution in [0.2, 0.25) is 0 Å². The number of aliphatic hydroxyl groups is 1. The quantitative estimate of drug-likeness (QED) is 0.312. The molecule has 0 unspecified atom stereocenters. The highest BCUT2D eigenvalue weighted by atomic mass is 16.7. The number of carbonyl (C=O) groups excluding carboxylic acids is 2. The van der Waals surface area contributed by atoms with Gasteiger partial charge in [0.05, 0.1) is 18.8 Å². The fraction of sp³-hybridized carbons (Fsp3) is 0.862. The summed E-state index contributed by atoms with van der Waals surface area (Å²) in [6.07, 6.45) is 10.7. The number of unbranched alkanes of at least 4 members (excludes halogenated alkanes) is 2. The van der Waals surface area contributed by atoms with Gasteiger partial charge in [-0.05, 0) is 75.2 Å². The molecule has 196 valence electrons. The number of Topliss-reactive ketones (excluding diaryl/α,β-unsaturated/α-hetero) is 1. The summed E-state index contributed by atoms with van der Waals surface area (Å²) in [6, 6.07) is 0. The molecule has 4 fully saturated rings. The zero-order valence-corrected chi connectivity index (χ0v) is 22.1. The van der Waals surface area contributed by atoms with E-state index in [4.69, 9.17) is 14.2 Å². The van der Waals surface area contributed by atoms with E-state index in [0.717, 1.165) is 51.4 Å². The molecule has 1 spiro atoms. The minimum atomic E-state index is -1.03. The maximum atomic E-state index is 13.2. The Morgan fingerprint density at radius 1 is 1.09 bits per heavy atom. The zero-order chi connectivity index (χ0) is 25.1. The van der Waals surface area contributed by atoms with Crippen LogP contribution < -0.4 is 0 Å². The van der Waals surface area contributed by atoms with Crippen molar-refractivity contribution >= 4 is 11.8 Å². The molecule has 0 aromatic carbocycles. The molecule has 0 amide bonds. The molecule has 35 heavy (non-hydrogen) atoms. The topological polar surface area (TPSA) is 82.1 Å². The lowest BCUT2D eigenvalue weighted by Crippen LogP contribution is -2.59. The first-order valence-corrected chi connectivity index (χ1v) is 14.0. The molecule has 5 aliphatic rings. The first kappa shape index (κ1) is 25.4. The third-order valence-corrected chi connectivity index (χ3v) is 10.5. The maximum absolute atomic E-state index is 13.2. The molecule has 1 saturated heterocycles. The zero-order valence-electron chi connectivity index (χ0n) is 22.1. The van der Waals surface area contributed by atoms with E-state index in [9.17, 15) is 14.7 Å². The second-order valence-electron chi connectivity index (χ2n) is 12.3. The fourth-order valence-electron chi connectivity index (χ4n) is 9.13. The van der Waals surface area contributed by atoms with Crippen LogP contribution >= 0.6 is 0 Å². The summed E-state index contributed by atoms with van der Waals surface area (Å²) in [5.41, 5.74) is 0.455. The van der Waals surface area contributed by atoms with E-state index in [0.29, 0.717) is 44.3 Å². The Hall–Kier alpha value is -1.24. The second-order valence-corrected chi connectivity index (χ2v) is 12.3. The van der Waals surface area contributed by atoms with Gasteiger partial charge >= 0.3 is 5.97 Å². The highest BCUT2D eigenvalue weighted by molar-refractivity contribution is 5.89. The van der Waals surface area contributed by atoms with Gasteiger partial charge in [-0.1, -0.05) is 38.7 Å². The normalized spacial score (nSPS) is 41.9. The predicted molar refractivity (Wildman–Crippen MR) is 131 cm³/mol. The van der Waals surface area contributed by atoms with E-state index in [1.807, 2.05) is 0 Å². The maximum Gasteiger partial charge on any atom is 0.303 e. The van der Waals surface area contributed by atoms with Crippen molar-refractivity contribution in [1.29, 1.82) is 0 Å². The highest BCUT2D eigenvalue weighted by Gasteiger charge is 2.68. The summed E-state index contributed by atoms with van der Waals surface area (Å²) in [5, 5.41) is 12.0. The molecule has 1 N–H and O–H groups in total. The minimum Gasteiger partial charge on any atom is -0.451 e. The molecular weight excluding hydrogens is 444 g/mol. The molecule has 0 aromatic rings. The molecule has 1 heterocycles. The Morgan fingerprint density at radius 3 is 2.49 bits per heavy atom. The van der Waals surface area contributed by atoms with Gasteiger partial charge in [0.15, 0.2) is 17.2 Å². The average Bonchev–Trinajstić information content (AvgIpc) is 3.35. The first-order valence-electron chi connectivity index (χ1n) is 14.0. The van der Waals surface area contributed by atoms with Crippen molar-refractivity contribution in [3.05, 3.63) is 11.1 Å². The van der Waals surface area contributed by atoms with E-state index in [-0.39, 0.29) is 23.1 Å². The van der Waals surface area contributed by atoms with Gasteiger partial charge in [0, 0.05) is 25.2 Å². The van der Waals surface area contributed by atoms with E-state index < -0.39 is 17.0 Å². The van der Waals surface area contributed by atoms with Crippen LogP contribution in [-0.2, 0) is 23.8 Å². The second kappa shape index (κ2) is 8.95. The Bertz CT molecular complexity index is 903. The number of esters is 1. The van der Waals surface area contributed by atoms with Crippen LogP contribution in [0.15, 0.2) is 11.1 Å². The number of hydrogen-bond donors (Lipinski definition) is 1. The molecule has 5 rings (SSSR count). The van der Waals surface area contributed by atoms with Gasteiger partial charge in [0.1, 0.15) is 0 Å². The van der Waals surface area contributed by atoms with Crippen LogP contribution in [0, 0.1) is 23.2 Å². The summed E-state index contributed by atoms with van der Waals surface area (Å²) in [6.45, 7) is 8.70. The molecule has 0 aromatic heterocycles. The number of carbonyl (C=O) groups is 2. The van der Waals surface area contributed by atoms with Crippen molar-refractivity contribution in [1.82, 2.24) is 0 Å². The van der Waals surface area contributed by atoms with Crippen LogP contribution in [0.3, 0.4) is 0 Å². The summed E-state index contributed by atoms with van der Waals surface area (Å²) in [5.74, 6) is -0.0631. The van der Waals surface area contributed by atoms with E-state index in [1.165, 1.54) is 24.5 Å². The van der Waals surface area contributed by atoms with Crippen molar-refractivity contribution in [3.8, 4) is 0 Å². The molecule has 0 bridgehead atoms. The van der Waals surface area contributed by atoms with Gasteiger partial charge in [-0.25, -0.2) is 0 Å². The Kier molecular flexibility index (Phi) is 6.50. The SMILES string of the molecule is CCCCC[C@H]1C[C@@]2(C)[C@@H](CC[C@]2(OC(C)=O)C(C)=O)[C@@H]2CC[C@@]3(O)CC4(CCC3=C12)OCCO4. The average molecular weight is 489 g/mol. The lowest BCUT2D eigenvalue weighted by Gasteiger charge is -2.57. The van der Waals surface area contributed by atoms with E-state index in [1.54, 1.807) is 6.92 Å². The van der Waals surface area contributed by atoms with Crippen molar-refractivity contribution in [2.24, 2.45) is 23.2 Å². The van der Waals surface area contributed by atoms with Crippen LogP contribution in [0.1, 0.15) is 105 Å². The highest BCUT2D eigenvalue weighted by Crippen LogP contribution is 2.67. The lowest BCUT2D eigenvalue weighted by atomic mass is 9.49. The number of ether oxygens (including phenoxy) is 3. The number of allylic oxidation sites excluding steroid dienone is 1. The Labute approximate surface area is 210 Å². The minimum absolute atomic E-state index is 0.0106. The van der Waals surface area contributed by atoms with Gasteiger partial charge in [0.2, 0.25) is 0 Å². The van der Waals surface area contributed by atoms with E-state index >= 15 is 0 Å². The summed E-state index contributed by atoms with van der Waals surface area (Å²) in [4.78, 5) is 25.4. The van der Waals surface area contributed by atoms with Crippen molar-refractivity contribution in [3.63, 3.8) is 0 Å². The monoisotopic (exact) mass is 488 g/mol. The van der Waals surface area contributed by atoms with Crippen LogP contribution in [-0.4, -0.2) is 47.1 Å². The standard InChI is InChI=1S/C29H44O6/c1-5-6-7-8-21-17-26(4)23(11-14-29(26,19(2)30)35-20(3)31)22-9-12-27(32)18-28(33-15-16-34-28)13-10-24(27)25(21)22/h21-23,32H,5-18H2,1-4H3/t21-,22-,23-,26-,27+,29-/m0/s1. The van der Waals surface area contributed by atoms with Gasteiger partial charge in [-0.3, -0.25) is 9.59 Å². The van der Waals surface area contributed by atoms with Crippen molar-refractivity contribution in [2.75, 3.05) is 13.2 Å². The number of rotatable bonds is 6. The van der Waals surface area contributed by atoms with Crippen LogP contribution in [0.4, 0.5) is 0 Å². The largest absolute Gasteiger partial charge is 0.451 e. The fourth-order valence-corrected chi connectivity index (χ4v) is 9.13. The van der Waals surface area contributed by atoms with Crippen LogP contribution in [0.5, 0.6) is 0 Å².